The largest absolute Gasteiger partial charge is 0.329 e. The van der Waals surface area contributed by atoms with Gasteiger partial charge in [-0.05, 0) is 18.9 Å². The Kier molecular flexibility index (Phi) is 3.97. The summed E-state index contributed by atoms with van der Waals surface area (Å²) < 4.78 is 14.2. The van der Waals surface area contributed by atoms with Crippen molar-refractivity contribution in [1.82, 2.24) is 25.1 Å². The van der Waals surface area contributed by atoms with Crippen LogP contribution in [0.2, 0.25) is 0 Å². The van der Waals surface area contributed by atoms with E-state index in [1.165, 1.54) is 24.7 Å². The lowest BCUT2D eigenvalue weighted by Gasteiger charge is -2.24. The molecular formula is C18H16FN5O. The highest BCUT2D eigenvalue weighted by molar-refractivity contribution is 5.92. The van der Waals surface area contributed by atoms with E-state index in [2.05, 4.69) is 20.2 Å². The maximum absolute atomic E-state index is 14.2. The summed E-state index contributed by atoms with van der Waals surface area (Å²) in [7, 11) is 0. The Morgan fingerprint density at radius 2 is 2.08 bits per heavy atom. The monoisotopic (exact) mass is 337 g/mol. The molecule has 0 saturated carbocycles. The molecule has 1 saturated heterocycles. The fourth-order valence-corrected chi connectivity index (χ4v) is 3.31. The van der Waals surface area contributed by atoms with Crippen molar-refractivity contribution in [2.24, 2.45) is 0 Å². The predicted molar refractivity (Wildman–Crippen MR) is 89.0 cm³/mol. The summed E-state index contributed by atoms with van der Waals surface area (Å²) in [5.41, 5.74) is 2.22. The number of benzene rings is 1. The molecule has 6 nitrogen and oxygen atoms in total. The van der Waals surface area contributed by atoms with Crippen molar-refractivity contribution < 1.29 is 9.18 Å². The molecule has 7 heteroatoms. The molecule has 0 radical (unpaired) electrons. The van der Waals surface area contributed by atoms with Gasteiger partial charge in [-0.25, -0.2) is 9.37 Å². The van der Waals surface area contributed by atoms with Gasteiger partial charge in [0.1, 0.15) is 11.5 Å². The van der Waals surface area contributed by atoms with E-state index in [4.69, 9.17) is 0 Å². The first-order chi connectivity index (χ1) is 12.3. The molecule has 1 aromatic carbocycles. The van der Waals surface area contributed by atoms with Gasteiger partial charge in [-0.1, -0.05) is 18.2 Å². The molecule has 2 aromatic heterocycles. The molecule has 3 aromatic rings. The molecule has 1 aliphatic rings. The van der Waals surface area contributed by atoms with Gasteiger partial charge in [0.05, 0.1) is 24.1 Å². The van der Waals surface area contributed by atoms with Crippen LogP contribution in [0.15, 0.2) is 49.1 Å². The molecule has 1 amide bonds. The molecular weight excluding hydrogens is 321 g/mol. The van der Waals surface area contributed by atoms with Crippen LogP contribution < -0.4 is 0 Å². The van der Waals surface area contributed by atoms with Gasteiger partial charge in [0.15, 0.2) is 0 Å². The number of hydrogen-bond acceptors (Lipinski definition) is 4. The first-order valence-electron chi connectivity index (χ1n) is 8.11. The summed E-state index contributed by atoms with van der Waals surface area (Å²) in [4.78, 5) is 22.6. The Balaban J connectivity index is 1.70. The normalized spacial score (nSPS) is 17.0. The van der Waals surface area contributed by atoms with E-state index < -0.39 is 0 Å². The Bertz CT molecular complexity index is 895. The van der Waals surface area contributed by atoms with Crippen molar-refractivity contribution in [3.63, 3.8) is 0 Å². The second-order valence-corrected chi connectivity index (χ2v) is 5.92. The standard InChI is InChI=1S/C18H16FN5O/c19-14-5-2-1-4-12(14)13-10-22-23-17(13)16-6-3-9-24(16)18(25)15-11-20-7-8-21-15/h1-2,4-5,7-8,10-11,16H,3,6,9H2,(H,22,23)/t16-/m0/s1. The molecule has 25 heavy (non-hydrogen) atoms. The molecule has 4 rings (SSSR count). The summed E-state index contributed by atoms with van der Waals surface area (Å²) in [6.45, 7) is 0.621. The molecule has 0 aliphatic carbocycles. The number of aromatic nitrogens is 4. The minimum Gasteiger partial charge on any atom is -0.329 e. The van der Waals surface area contributed by atoms with Crippen LogP contribution in [-0.4, -0.2) is 37.5 Å². The number of aromatic amines is 1. The van der Waals surface area contributed by atoms with Gasteiger partial charge < -0.3 is 4.90 Å². The summed E-state index contributed by atoms with van der Waals surface area (Å²) in [6.07, 6.45) is 7.75. The zero-order valence-corrected chi connectivity index (χ0v) is 13.4. The number of carbonyl (C=O) groups is 1. The van der Waals surface area contributed by atoms with Crippen molar-refractivity contribution in [2.45, 2.75) is 18.9 Å². The average molecular weight is 337 g/mol. The van der Waals surface area contributed by atoms with Crippen LogP contribution in [0.25, 0.3) is 11.1 Å². The summed E-state index contributed by atoms with van der Waals surface area (Å²) in [5, 5.41) is 7.06. The van der Waals surface area contributed by atoms with Crippen LogP contribution in [0, 0.1) is 5.82 Å². The Labute approximate surface area is 143 Å². The van der Waals surface area contributed by atoms with Gasteiger partial charge in [0.2, 0.25) is 0 Å². The van der Waals surface area contributed by atoms with Crippen LogP contribution in [0.3, 0.4) is 0 Å². The third-order valence-electron chi connectivity index (χ3n) is 4.46. The van der Waals surface area contributed by atoms with E-state index in [-0.39, 0.29) is 17.8 Å². The fourth-order valence-electron chi connectivity index (χ4n) is 3.31. The van der Waals surface area contributed by atoms with Crippen molar-refractivity contribution in [3.05, 3.63) is 66.3 Å². The van der Waals surface area contributed by atoms with E-state index in [9.17, 15) is 9.18 Å². The molecule has 3 heterocycles. The topological polar surface area (TPSA) is 74.8 Å². The Hall–Kier alpha value is -3.09. The van der Waals surface area contributed by atoms with E-state index in [0.29, 0.717) is 23.4 Å². The molecule has 1 aliphatic heterocycles. The van der Waals surface area contributed by atoms with Gasteiger partial charge in [-0.15, -0.1) is 0 Å². The third kappa shape index (κ3) is 2.77. The highest BCUT2D eigenvalue weighted by Crippen LogP contribution is 2.37. The average Bonchev–Trinajstić information content (AvgIpc) is 3.31. The smallest absolute Gasteiger partial charge is 0.274 e. The Morgan fingerprint density at radius 3 is 2.88 bits per heavy atom. The molecule has 1 fully saturated rings. The molecule has 1 N–H and O–H groups in total. The maximum atomic E-state index is 14.2. The van der Waals surface area contributed by atoms with Gasteiger partial charge in [-0.2, -0.15) is 5.10 Å². The number of carbonyl (C=O) groups excluding carboxylic acids is 1. The lowest BCUT2D eigenvalue weighted by molar-refractivity contribution is 0.0727. The van der Waals surface area contributed by atoms with Crippen LogP contribution in [0.5, 0.6) is 0 Å². The van der Waals surface area contributed by atoms with Crippen LogP contribution in [0.1, 0.15) is 35.1 Å². The number of nitrogens with one attached hydrogen (secondary N) is 1. The number of halogens is 1. The van der Waals surface area contributed by atoms with E-state index in [0.717, 1.165) is 18.5 Å². The van der Waals surface area contributed by atoms with Crippen LogP contribution in [0.4, 0.5) is 4.39 Å². The number of amides is 1. The minimum absolute atomic E-state index is 0.176. The minimum atomic E-state index is -0.310. The second-order valence-electron chi connectivity index (χ2n) is 5.92. The first-order valence-corrected chi connectivity index (χ1v) is 8.11. The number of H-pyrrole nitrogens is 1. The van der Waals surface area contributed by atoms with Crippen molar-refractivity contribution >= 4 is 5.91 Å². The highest BCUT2D eigenvalue weighted by Gasteiger charge is 2.34. The summed E-state index contributed by atoms with van der Waals surface area (Å²) >= 11 is 0. The third-order valence-corrected chi connectivity index (χ3v) is 4.46. The molecule has 0 spiro atoms. The quantitative estimate of drug-likeness (QED) is 0.797. The zero-order valence-electron chi connectivity index (χ0n) is 13.4. The van der Waals surface area contributed by atoms with Gasteiger partial charge in [-0.3, -0.25) is 14.9 Å². The zero-order chi connectivity index (χ0) is 17.2. The van der Waals surface area contributed by atoms with Gasteiger partial charge in [0.25, 0.3) is 5.91 Å². The van der Waals surface area contributed by atoms with Crippen molar-refractivity contribution in [2.75, 3.05) is 6.54 Å². The number of rotatable bonds is 3. The first kappa shape index (κ1) is 15.4. The number of likely N-dealkylation sites (tertiary alicyclic amines) is 1. The van der Waals surface area contributed by atoms with E-state index in [1.54, 1.807) is 29.3 Å². The van der Waals surface area contributed by atoms with Gasteiger partial charge in [0, 0.05) is 30.1 Å². The van der Waals surface area contributed by atoms with E-state index >= 15 is 0 Å². The summed E-state index contributed by atoms with van der Waals surface area (Å²) in [6, 6.07) is 6.38. The van der Waals surface area contributed by atoms with Crippen molar-refractivity contribution in [1.29, 1.82) is 0 Å². The fraction of sp³-hybridized carbons (Fsp3) is 0.222. The molecule has 0 unspecified atom stereocenters. The Morgan fingerprint density at radius 1 is 1.20 bits per heavy atom. The molecule has 0 bridgehead atoms. The van der Waals surface area contributed by atoms with Crippen LogP contribution in [-0.2, 0) is 0 Å². The van der Waals surface area contributed by atoms with Gasteiger partial charge >= 0.3 is 0 Å². The number of hydrogen-bond donors (Lipinski definition) is 1. The SMILES string of the molecule is O=C(c1cnccn1)N1CCC[C@H]1c1[nH]ncc1-c1ccccc1F. The lowest BCUT2D eigenvalue weighted by Crippen LogP contribution is -2.31. The molecule has 126 valence electrons. The maximum Gasteiger partial charge on any atom is 0.274 e. The second kappa shape index (κ2) is 6.43. The molecule has 1 atom stereocenters. The van der Waals surface area contributed by atoms with Crippen LogP contribution >= 0.6 is 0 Å². The lowest BCUT2D eigenvalue weighted by atomic mass is 10.0. The highest BCUT2D eigenvalue weighted by atomic mass is 19.1. The van der Waals surface area contributed by atoms with Crippen molar-refractivity contribution in [3.8, 4) is 11.1 Å². The summed E-state index contributed by atoms with van der Waals surface area (Å²) in [5.74, 6) is -0.486. The predicted octanol–water partition coefficient (Wildman–Crippen LogP) is 2.98. The van der Waals surface area contributed by atoms with E-state index in [1.807, 2.05) is 0 Å². The number of nitrogens with zero attached hydrogens (tertiary/aromatic N) is 4.